The molecule has 2 amide bonds. The Morgan fingerprint density at radius 3 is 2.43 bits per heavy atom. The summed E-state index contributed by atoms with van der Waals surface area (Å²) in [5.74, 6) is 1.74. The first kappa shape index (κ1) is 23.6. The molecule has 1 atom stereocenters. The molecule has 8 nitrogen and oxygen atoms in total. The molecule has 2 aromatic rings. The van der Waals surface area contributed by atoms with Crippen molar-refractivity contribution < 1.29 is 19.1 Å². The summed E-state index contributed by atoms with van der Waals surface area (Å²) in [7, 11) is 0. The summed E-state index contributed by atoms with van der Waals surface area (Å²) in [6, 6.07) is 14.2. The van der Waals surface area contributed by atoms with E-state index >= 15 is 0 Å². The van der Waals surface area contributed by atoms with Gasteiger partial charge in [0.2, 0.25) is 11.8 Å². The van der Waals surface area contributed by atoms with Crippen LogP contribution in [0.25, 0.3) is 0 Å². The van der Waals surface area contributed by atoms with Crippen LogP contribution in [0.15, 0.2) is 42.5 Å². The van der Waals surface area contributed by atoms with Crippen molar-refractivity contribution in [3.8, 4) is 11.5 Å². The van der Waals surface area contributed by atoms with Gasteiger partial charge in [-0.1, -0.05) is 23.8 Å². The number of rotatable bonds is 6. The molecule has 186 valence electrons. The zero-order valence-corrected chi connectivity index (χ0v) is 20.4. The summed E-state index contributed by atoms with van der Waals surface area (Å²) in [4.78, 5) is 31.9. The molecule has 0 aromatic heterocycles. The van der Waals surface area contributed by atoms with Gasteiger partial charge in [-0.2, -0.15) is 0 Å². The number of benzene rings is 2. The van der Waals surface area contributed by atoms with Gasteiger partial charge in [0.05, 0.1) is 13.1 Å². The summed E-state index contributed by atoms with van der Waals surface area (Å²) in [5, 5.41) is 2.95. The second kappa shape index (κ2) is 10.7. The minimum Gasteiger partial charge on any atom is -0.486 e. The van der Waals surface area contributed by atoms with Gasteiger partial charge in [0.25, 0.3) is 0 Å². The van der Waals surface area contributed by atoms with E-state index in [0.29, 0.717) is 52.5 Å². The van der Waals surface area contributed by atoms with Crippen molar-refractivity contribution in [2.45, 2.75) is 25.8 Å². The largest absolute Gasteiger partial charge is 0.486 e. The first-order chi connectivity index (χ1) is 17.0. The Morgan fingerprint density at radius 1 is 0.914 bits per heavy atom. The van der Waals surface area contributed by atoms with Gasteiger partial charge in [0.1, 0.15) is 13.2 Å². The highest BCUT2D eigenvalue weighted by Crippen LogP contribution is 2.38. The first-order valence-corrected chi connectivity index (χ1v) is 12.6. The van der Waals surface area contributed by atoms with Crippen molar-refractivity contribution in [1.29, 1.82) is 0 Å². The molecule has 0 bridgehead atoms. The third-order valence-corrected chi connectivity index (χ3v) is 7.08. The fraction of sp³-hybridized carbons (Fsp3) is 0.481. The third kappa shape index (κ3) is 5.77. The lowest BCUT2D eigenvalue weighted by molar-refractivity contribution is -0.134. The molecule has 0 spiro atoms. The van der Waals surface area contributed by atoms with Crippen LogP contribution in [0.2, 0.25) is 0 Å². The van der Waals surface area contributed by atoms with E-state index in [-0.39, 0.29) is 17.9 Å². The van der Waals surface area contributed by atoms with E-state index in [1.165, 1.54) is 5.56 Å². The maximum atomic E-state index is 13.1. The van der Waals surface area contributed by atoms with Crippen molar-refractivity contribution in [2.24, 2.45) is 0 Å². The normalized spacial score (nSPS) is 20.6. The number of ether oxygens (including phenoxy) is 2. The summed E-state index contributed by atoms with van der Waals surface area (Å²) >= 11 is 0. The molecule has 3 aliphatic heterocycles. The minimum absolute atomic E-state index is 0.0204. The lowest BCUT2D eigenvalue weighted by Gasteiger charge is -2.35. The summed E-state index contributed by atoms with van der Waals surface area (Å²) in [6.07, 6.45) is 2.12. The number of anilines is 1. The van der Waals surface area contributed by atoms with Crippen LogP contribution in [-0.4, -0.2) is 85.5 Å². The van der Waals surface area contributed by atoms with Crippen LogP contribution < -0.4 is 14.8 Å². The molecule has 3 heterocycles. The van der Waals surface area contributed by atoms with Gasteiger partial charge in [0, 0.05) is 37.9 Å². The number of likely N-dealkylation sites (tertiary alicyclic amines) is 1. The number of carbonyl (C=O) groups is 2. The Labute approximate surface area is 206 Å². The van der Waals surface area contributed by atoms with Crippen LogP contribution in [0.3, 0.4) is 0 Å². The van der Waals surface area contributed by atoms with E-state index in [9.17, 15) is 9.59 Å². The molecule has 5 rings (SSSR count). The standard InChI is InChI=1S/C27H34N4O4/c1-20-4-7-22(8-5-20)28-26(32)18-29-11-13-30(14-12-29)27(33)19-31-10-2-3-23(31)21-6-9-24-25(17-21)35-16-15-34-24/h4-9,17,23H,2-3,10-16,18-19H2,1H3,(H,28,32)/t23-/m0/s1. The Kier molecular flexibility index (Phi) is 7.20. The zero-order chi connectivity index (χ0) is 24.2. The second-order valence-electron chi connectivity index (χ2n) is 9.60. The number of amides is 2. The molecule has 0 radical (unpaired) electrons. The lowest BCUT2D eigenvalue weighted by Crippen LogP contribution is -2.52. The number of hydrogen-bond donors (Lipinski definition) is 1. The van der Waals surface area contributed by atoms with Crippen LogP contribution in [0.1, 0.15) is 30.0 Å². The third-order valence-electron chi connectivity index (χ3n) is 7.08. The topological polar surface area (TPSA) is 74.4 Å². The van der Waals surface area contributed by atoms with Crippen LogP contribution in [0, 0.1) is 6.92 Å². The molecule has 3 aliphatic rings. The van der Waals surface area contributed by atoms with E-state index in [1.807, 2.05) is 42.2 Å². The van der Waals surface area contributed by atoms with Gasteiger partial charge < -0.3 is 19.7 Å². The van der Waals surface area contributed by atoms with Gasteiger partial charge in [0.15, 0.2) is 11.5 Å². The average Bonchev–Trinajstić information content (AvgIpc) is 3.33. The van der Waals surface area contributed by atoms with Gasteiger partial charge >= 0.3 is 0 Å². The Morgan fingerprint density at radius 2 is 1.66 bits per heavy atom. The van der Waals surface area contributed by atoms with Gasteiger partial charge in [-0.25, -0.2) is 0 Å². The molecule has 2 saturated heterocycles. The molecule has 0 aliphatic carbocycles. The van der Waals surface area contributed by atoms with Crippen LogP contribution >= 0.6 is 0 Å². The molecule has 8 heteroatoms. The monoisotopic (exact) mass is 478 g/mol. The first-order valence-electron chi connectivity index (χ1n) is 12.6. The van der Waals surface area contributed by atoms with Gasteiger partial charge in [-0.05, 0) is 56.1 Å². The maximum Gasteiger partial charge on any atom is 0.238 e. The molecule has 2 fully saturated rings. The number of nitrogens with one attached hydrogen (secondary N) is 1. The molecule has 0 unspecified atom stereocenters. The highest BCUT2D eigenvalue weighted by molar-refractivity contribution is 5.92. The smallest absolute Gasteiger partial charge is 0.238 e. The Hall–Kier alpha value is -3.10. The van der Waals surface area contributed by atoms with E-state index in [2.05, 4.69) is 27.2 Å². The molecule has 35 heavy (non-hydrogen) atoms. The van der Waals surface area contributed by atoms with Crippen molar-refractivity contribution in [3.63, 3.8) is 0 Å². The SMILES string of the molecule is Cc1ccc(NC(=O)CN2CCN(C(=O)CN3CCC[C@H]3c3ccc4c(c3)OCCO4)CC2)cc1. The Balaban J connectivity index is 1.10. The van der Waals surface area contributed by atoms with Gasteiger partial charge in [-0.3, -0.25) is 19.4 Å². The predicted molar refractivity (Wildman–Crippen MR) is 134 cm³/mol. The minimum atomic E-state index is -0.0204. The number of piperazine rings is 1. The number of nitrogens with zero attached hydrogens (tertiary/aromatic N) is 3. The van der Waals surface area contributed by atoms with E-state index in [4.69, 9.17) is 9.47 Å². The van der Waals surface area contributed by atoms with Crippen LogP contribution in [0.5, 0.6) is 11.5 Å². The number of aryl methyl sites for hydroxylation is 1. The number of hydrogen-bond acceptors (Lipinski definition) is 6. The average molecular weight is 479 g/mol. The highest BCUT2D eigenvalue weighted by Gasteiger charge is 2.31. The number of carbonyl (C=O) groups excluding carboxylic acids is 2. The molecule has 0 saturated carbocycles. The summed E-state index contributed by atoms with van der Waals surface area (Å²) in [6.45, 7) is 7.58. The van der Waals surface area contributed by atoms with Crippen LogP contribution in [-0.2, 0) is 9.59 Å². The zero-order valence-electron chi connectivity index (χ0n) is 20.4. The predicted octanol–water partition coefficient (Wildman–Crippen LogP) is 2.69. The summed E-state index contributed by atoms with van der Waals surface area (Å²) < 4.78 is 11.4. The summed E-state index contributed by atoms with van der Waals surface area (Å²) in [5.41, 5.74) is 3.16. The molecular weight excluding hydrogens is 444 g/mol. The van der Waals surface area contributed by atoms with Crippen molar-refractivity contribution >= 4 is 17.5 Å². The van der Waals surface area contributed by atoms with Crippen molar-refractivity contribution in [3.05, 3.63) is 53.6 Å². The fourth-order valence-electron chi connectivity index (χ4n) is 5.13. The van der Waals surface area contributed by atoms with E-state index in [0.717, 1.165) is 42.1 Å². The van der Waals surface area contributed by atoms with Crippen molar-refractivity contribution in [2.75, 3.05) is 64.3 Å². The second-order valence-corrected chi connectivity index (χ2v) is 9.60. The maximum absolute atomic E-state index is 13.1. The quantitative estimate of drug-likeness (QED) is 0.688. The fourth-order valence-corrected chi connectivity index (χ4v) is 5.13. The molecule has 1 N–H and O–H groups in total. The Bertz CT molecular complexity index is 1050. The van der Waals surface area contributed by atoms with E-state index < -0.39 is 0 Å². The lowest BCUT2D eigenvalue weighted by atomic mass is 10.0. The highest BCUT2D eigenvalue weighted by atomic mass is 16.6. The molecular formula is C27H34N4O4. The van der Waals surface area contributed by atoms with Crippen molar-refractivity contribution in [1.82, 2.24) is 14.7 Å². The molecule has 2 aromatic carbocycles. The van der Waals surface area contributed by atoms with E-state index in [1.54, 1.807) is 0 Å². The van der Waals surface area contributed by atoms with Crippen LogP contribution in [0.4, 0.5) is 5.69 Å². The number of fused-ring (bicyclic) bond motifs is 1. The van der Waals surface area contributed by atoms with Gasteiger partial charge in [-0.15, -0.1) is 0 Å².